The van der Waals surface area contributed by atoms with E-state index in [0.29, 0.717) is 28.6 Å². The maximum Gasteiger partial charge on any atom is 0.256 e. The number of benzene rings is 3. The molecule has 0 aliphatic carbocycles. The van der Waals surface area contributed by atoms with Gasteiger partial charge < -0.3 is 24.4 Å². The molecule has 0 bridgehead atoms. The molecule has 3 aromatic carbocycles. The van der Waals surface area contributed by atoms with Crippen LogP contribution >= 0.6 is 12.2 Å². The van der Waals surface area contributed by atoms with Gasteiger partial charge in [-0.05, 0) is 78.4 Å². The number of hydrogen-bond donors (Lipinski definition) is 1. The summed E-state index contributed by atoms with van der Waals surface area (Å²) in [6.45, 7) is 0.256. The van der Waals surface area contributed by atoms with E-state index in [1.54, 1.807) is 62.6 Å². The molecule has 3 aromatic rings. The molecular weight excluding hydrogens is 497 g/mol. The number of nitrogens with one attached hydrogen (secondary N) is 1. The summed E-state index contributed by atoms with van der Waals surface area (Å²) < 4.78 is 29.2. The number of rotatable bonds is 9. The molecule has 1 atom stereocenters. The lowest BCUT2D eigenvalue weighted by Crippen LogP contribution is -2.37. The monoisotopic (exact) mass is 523 g/mol. The molecule has 2 amide bonds. The van der Waals surface area contributed by atoms with Gasteiger partial charge in [0.1, 0.15) is 17.6 Å². The molecule has 1 aliphatic heterocycles. The first-order valence-corrected chi connectivity index (χ1v) is 11.8. The number of hydrogen-bond acceptors (Lipinski definition) is 6. The van der Waals surface area contributed by atoms with E-state index in [9.17, 15) is 14.0 Å². The lowest BCUT2D eigenvalue weighted by Gasteiger charge is -2.24. The smallest absolute Gasteiger partial charge is 0.256 e. The van der Waals surface area contributed by atoms with Gasteiger partial charge in [-0.15, -0.1) is 0 Å². The lowest BCUT2D eigenvalue weighted by atomic mass is 10.1. The van der Waals surface area contributed by atoms with Gasteiger partial charge in [-0.3, -0.25) is 14.5 Å². The van der Waals surface area contributed by atoms with Gasteiger partial charge in [-0.1, -0.05) is 6.07 Å². The van der Waals surface area contributed by atoms with Gasteiger partial charge in [0.15, 0.2) is 16.6 Å². The molecule has 1 fully saturated rings. The minimum Gasteiger partial charge on any atom is -0.497 e. The molecule has 0 spiro atoms. The highest BCUT2D eigenvalue weighted by molar-refractivity contribution is 7.80. The van der Waals surface area contributed by atoms with E-state index >= 15 is 0 Å². The second-order valence-corrected chi connectivity index (χ2v) is 8.61. The quantitative estimate of drug-likeness (QED) is 0.417. The predicted molar refractivity (Wildman–Crippen MR) is 142 cm³/mol. The molecule has 1 aliphatic rings. The van der Waals surface area contributed by atoms with Crippen molar-refractivity contribution in [3.05, 3.63) is 78.1 Å². The summed E-state index contributed by atoms with van der Waals surface area (Å²) in [6, 6.07) is 16.9. The summed E-state index contributed by atoms with van der Waals surface area (Å²) in [6.07, 6.45) is -0.156. The molecule has 0 unspecified atom stereocenters. The number of nitrogens with zero attached hydrogens (tertiary/aromatic N) is 2. The topological polar surface area (TPSA) is 80.3 Å². The van der Waals surface area contributed by atoms with Crippen molar-refractivity contribution in [1.82, 2.24) is 4.90 Å². The van der Waals surface area contributed by atoms with Crippen molar-refractivity contribution in [2.75, 3.05) is 31.5 Å². The Kier molecular flexibility index (Phi) is 7.88. The van der Waals surface area contributed by atoms with E-state index in [1.165, 1.54) is 29.2 Å². The van der Waals surface area contributed by atoms with Crippen molar-refractivity contribution in [1.29, 1.82) is 0 Å². The summed E-state index contributed by atoms with van der Waals surface area (Å²) in [5, 5.41) is 2.99. The van der Waals surface area contributed by atoms with Gasteiger partial charge in [0.2, 0.25) is 5.91 Å². The highest BCUT2D eigenvalue weighted by Gasteiger charge is 2.44. The lowest BCUT2D eigenvalue weighted by molar-refractivity contribution is -0.124. The van der Waals surface area contributed by atoms with E-state index in [1.807, 2.05) is 6.07 Å². The number of carbonyl (C=O) groups is 2. The SMILES string of the molecule is COc1ccc(N2C(=O)[C@@H](CC(=O)Nc3ccc(F)cc3)N(Cc3ccc(OC)c(OC)c3)C2=S)cc1. The largest absolute Gasteiger partial charge is 0.497 e. The second kappa shape index (κ2) is 11.3. The molecule has 37 heavy (non-hydrogen) atoms. The van der Waals surface area contributed by atoms with Gasteiger partial charge in [0.05, 0.1) is 33.4 Å². The molecular formula is C27H26FN3O5S. The zero-order chi connectivity index (χ0) is 26.5. The number of anilines is 2. The second-order valence-electron chi connectivity index (χ2n) is 8.25. The predicted octanol–water partition coefficient (Wildman–Crippen LogP) is 4.38. The summed E-state index contributed by atoms with van der Waals surface area (Å²) in [5.74, 6) is 0.603. The van der Waals surface area contributed by atoms with Gasteiger partial charge in [0.25, 0.3) is 5.91 Å². The van der Waals surface area contributed by atoms with Crippen LogP contribution in [0, 0.1) is 5.82 Å². The zero-order valence-electron chi connectivity index (χ0n) is 20.6. The summed E-state index contributed by atoms with van der Waals surface area (Å²) >= 11 is 5.74. The fraction of sp³-hybridized carbons (Fsp3) is 0.222. The summed E-state index contributed by atoms with van der Waals surface area (Å²) in [4.78, 5) is 29.7. The van der Waals surface area contributed by atoms with Crippen LogP contribution in [0.4, 0.5) is 15.8 Å². The minimum atomic E-state index is -0.858. The van der Waals surface area contributed by atoms with Crippen molar-refractivity contribution in [3.8, 4) is 17.2 Å². The number of ether oxygens (including phenoxy) is 3. The fourth-order valence-corrected chi connectivity index (χ4v) is 4.47. The van der Waals surface area contributed by atoms with Gasteiger partial charge >= 0.3 is 0 Å². The van der Waals surface area contributed by atoms with E-state index < -0.39 is 17.8 Å². The van der Waals surface area contributed by atoms with Crippen molar-refractivity contribution in [3.63, 3.8) is 0 Å². The van der Waals surface area contributed by atoms with E-state index in [2.05, 4.69) is 5.32 Å². The van der Waals surface area contributed by atoms with Crippen LogP contribution in [-0.4, -0.2) is 49.2 Å². The summed E-state index contributed by atoms with van der Waals surface area (Å²) in [7, 11) is 4.65. The molecule has 1 saturated heterocycles. The number of halogens is 1. The van der Waals surface area contributed by atoms with E-state index in [-0.39, 0.29) is 24.0 Å². The molecule has 1 N–H and O–H groups in total. The van der Waals surface area contributed by atoms with Crippen LogP contribution < -0.4 is 24.4 Å². The number of methoxy groups -OCH3 is 3. The van der Waals surface area contributed by atoms with Crippen LogP contribution in [0.3, 0.4) is 0 Å². The first-order chi connectivity index (χ1) is 17.8. The van der Waals surface area contributed by atoms with Gasteiger partial charge in [0, 0.05) is 12.2 Å². The third kappa shape index (κ3) is 5.64. The van der Waals surface area contributed by atoms with Crippen LogP contribution in [0.5, 0.6) is 17.2 Å². The van der Waals surface area contributed by atoms with Crippen LogP contribution in [0.2, 0.25) is 0 Å². The Hall–Kier alpha value is -4.18. The average molecular weight is 524 g/mol. The first kappa shape index (κ1) is 25.9. The number of carbonyl (C=O) groups excluding carboxylic acids is 2. The van der Waals surface area contributed by atoms with Crippen LogP contribution in [0.25, 0.3) is 0 Å². The fourth-order valence-electron chi connectivity index (χ4n) is 4.08. The van der Waals surface area contributed by atoms with Crippen LogP contribution in [-0.2, 0) is 16.1 Å². The third-order valence-electron chi connectivity index (χ3n) is 5.96. The zero-order valence-corrected chi connectivity index (χ0v) is 21.4. The Balaban J connectivity index is 1.62. The molecule has 8 nitrogen and oxygen atoms in total. The van der Waals surface area contributed by atoms with Crippen LogP contribution in [0.15, 0.2) is 66.7 Å². The molecule has 0 radical (unpaired) electrons. The highest BCUT2D eigenvalue weighted by atomic mass is 32.1. The van der Waals surface area contributed by atoms with Crippen molar-refractivity contribution < 1.29 is 28.2 Å². The molecule has 4 rings (SSSR count). The Bertz CT molecular complexity index is 1300. The molecule has 192 valence electrons. The Morgan fingerprint density at radius 3 is 2.24 bits per heavy atom. The van der Waals surface area contributed by atoms with Crippen molar-refractivity contribution in [2.24, 2.45) is 0 Å². The molecule has 1 heterocycles. The van der Waals surface area contributed by atoms with E-state index in [0.717, 1.165) is 5.56 Å². The molecule has 10 heteroatoms. The standard InChI is InChI=1S/C27H26FN3O5S/c1-34-21-11-9-20(10-12-21)31-26(33)22(15-25(32)29-19-7-5-18(28)6-8-19)30(27(31)37)16-17-4-13-23(35-2)24(14-17)36-3/h4-14,22H,15-16H2,1-3H3,(H,29,32)/t22-/m1/s1. The van der Waals surface area contributed by atoms with Gasteiger partial charge in [-0.25, -0.2) is 4.39 Å². The molecule has 0 saturated carbocycles. The highest BCUT2D eigenvalue weighted by Crippen LogP contribution is 2.32. The Labute approximate surface area is 219 Å². The summed E-state index contributed by atoms with van der Waals surface area (Å²) in [5.41, 5.74) is 1.81. The minimum absolute atomic E-state index is 0.156. The van der Waals surface area contributed by atoms with E-state index in [4.69, 9.17) is 26.4 Å². The van der Waals surface area contributed by atoms with Crippen LogP contribution in [0.1, 0.15) is 12.0 Å². The Morgan fingerprint density at radius 1 is 0.946 bits per heavy atom. The normalized spacial score (nSPS) is 15.1. The third-order valence-corrected chi connectivity index (χ3v) is 6.37. The Morgan fingerprint density at radius 2 is 1.62 bits per heavy atom. The first-order valence-electron chi connectivity index (χ1n) is 11.4. The van der Waals surface area contributed by atoms with Crippen molar-refractivity contribution in [2.45, 2.75) is 19.0 Å². The maximum absolute atomic E-state index is 13.6. The van der Waals surface area contributed by atoms with Gasteiger partial charge in [-0.2, -0.15) is 0 Å². The molecule has 0 aromatic heterocycles. The average Bonchev–Trinajstić information content (AvgIpc) is 3.13. The van der Waals surface area contributed by atoms with Crippen molar-refractivity contribution >= 4 is 40.5 Å². The number of amides is 2. The maximum atomic E-state index is 13.6. The number of thiocarbonyl (C=S) groups is 1.